The first-order chi connectivity index (χ1) is 14.0. The van der Waals surface area contributed by atoms with Crippen LogP contribution in [0.15, 0.2) is 0 Å². The van der Waals surface area contributed by atoms with Crippen LogP contribution in [-0.4, -0.2) is 65.6 Å². The van der Waals surface area contributed by atoms with E-state index in [4.69, 9.17) is 0 Å². The number of thioether (sulfide) groups is 2. The monoisotopic (exact) mass is 461 g/mol. The number of hydrogen-bond acceptors (Lipinski definition) is 6. The lowest BCUT2D eigenvalue weighted by molar-refractivity contribution is -0.134. The maximum Gasteiger partial charge on any atom is 0.243 e. The van der Waals surface area contributed by atoms with Crippen LogP contribution in [0.4, 0.5) is 0 Å². The molecule has 3 amide bonds. The summed E-state index contributed by atoms with van der Waals surface area (Å²) in [5.41, 5.74) is 0. The van der Waals surface area contributed by atoms with Gasteiger partial charge in [0.15, 0.2) is 5.78 Å². The molecule has 0 bridgehead atoms. The maximum absolute atomic E-state index is 13.0. The van der Waals surface area contributed by atoms with Crippen LogP contribution in [0.5, 0.6) is 0 Å². The van der Waals surface area contributed by atoms with E-state index >= 15 is 0 Å². The minimum atomic E-state index is -0.764. The van der Waals surface area contributed by atoms with Crippen LogP contribution in [0, 0.1) is 11.8 Å². The zero-order valence-electron chi connectivity index (χ0n) is 19.4. The Hall–Kier alpha value is -1.22. The molecule has 174 valence electrons. The standard InChI is InChI=1S/C21H39N3O4S2/c1-13(2)12-18(24-20(27)17(9-11-30-7)22-15(5)25)21(28)23-16(8-10-29-6)19(26)14(3)4/h13-14,16-18H,8-12H2,1-7H3,(H,22,25)(H,23,28)(H,24,27). The summed E-state index contributed by atoms with van der Waals surface area (Å²) in [5.74, 6) is 0.398. The van der Waals surface area contributed by atoms with E-state index in [2.05, 4.69) is 16.0 Å². The Morgan fingerprint density at radius 1 is 0.733 bits per heavy atom. The van der Waals surface area contributed by atoms with Gasteiger partial charge in [-0.2, -0.15) is 23.5 Å². The van der Waals surface area contributed by atoms with Gasteiger partial charge < -0.3 is 16.0 Å². The highest BCUT2D eigenvalue weighted by atomic mass is 32.2. The maximum atomic E-state index is 13.0. The zero-order valence-corrected chi connectivity index (χ0v) is 21.0. The molecule has 3 unspecified atom stereocenters. The normalized spacial score (nSPS) is 14.2. The molecule has 7 nitrogen and oxygen atoms in total. The second kappa shape index (κ2) is 15.6. The van der Waals surface area contributed by atoms with Crippen molar-refractivity contribution in [2.75, 3.05) is 24.0 Å². The van der Waals surface area contributed by atoms with E-state index in [-0.39, 0.29) is 35.3 Å². The number of amides is 3. The molecule has 0 saturated heterocycles. The Kier molecular flexibility index (Phi) is 14.9. The summed E-state index contributed by atoms with van der Waals surface area (Å²) in [5, 5.41) is 8.32. The Bertz CT molecular complexity index is 570. The molecule has 0 fully saturated rings. The molecule has 0 aliphatic rings. The van der Waals surface area contributed by atoms with Gasteiger partial charge in [-0.15, -0.1) is 0 Å². The van der Waals surface area contributed by atoms with Crippen LogP contribution >= 0.6 is 23.5 Å². The van der Waals surface area contributed by atoms with Crippen LogP contribution in [0.1, 0.15) is 53.9 Å². The third-order valence-electron chi connectivity index (χ3n) is 4.48. The Morgan fingerprint density at radius 3 is 1.63 bits per heavy atom. The van der Waals surface area contributed by atoms with Gasteiger partial charge in [0.25, 0.3) is 0 Å². The molecule has 0 spiro atoms. The summed E-state index contributed by atoms with van der Waals surface area (Å²) in [6.45, 7) is 8.94. The van der Waals surface area contributed by atoms with Crippen molar-refractivity contribution >= 4 is 47.0 Å². The Morgan fingerprint density at radius 2 is 1.20 bits per heavy atom. The molecule has 0 aliphatic heterocycles. The fourth-order valence-corrected chi connectivity index (χ4v) is 3.86. The highest BCUT2D eigenvalue weighted by Crippen LogP contribution is 2.11. The predicted octanol–water partition coefficient (Wildman–Crippen LogP) is 2.24. The van der Waals surface area contributed by atoms with Gasteiger partial charge >= 0.3 is 0 Å². The molecular formula is C21H39N3O4S2. The van der Waals surface area contributed by atoms with Gasteiger partial charge in [-0.25, -0.2) is 0 Å². The summed E-state index contributed by atoms with van der Waals surface area (Å²) in [7, 11) is 0. The fourth-order valence-electron chi connectivity index (χ4n) is 2.92. The highest BCUT2D eigenvalue weighted by Gasteiger charge is 2.30. The number of rotatable bonds is 15. The predicted molar refractivity (Wildman–Crippen MR) is 127 cm³/mol. The van der Waals surface area contributed by atoms with Crippen molar-refractivity contribution in [2.24, 2.45) is 11.8 Å². The molecule has 0 aromatic rings. The number of carbonyl (C=O) groups excluding carboxylic acids is 4. The van der Waals surface area contributed by atoms with Crippen molar-refractivity contribution in [3.63, 3.8) is 0 Å². The van der Waals surface area contributed by atoms with Gasteiger partial charge in [0, 0.05) is 12.8 Å². The molecule has 0 rings (SSSR count). The van der Waals surface area contributed by atoms with Gasteiger partial charge in [-0.3, -0.25) is 19.2 Å². The number of nitrogens with one attached hydrogen (secondary N) is 3. The molecule has 0 aromatic heterocycles. The molecule has 0 aromatic carbocycles. The molecule has 0 saturated carbocycles. The van der Waals surface area contributed by atoms with Gasteiger partial charge in [-0.05, 0) is 49.2 Å². The van der Waals surface area contributed by atoms with Crippen molar-refractivity contribution < 1.29 is 19.2 Å². The van der Waals surface area contributed by atoms with E-state index in [9.17, 15) is 19.2 Å². The summed E-state index contributed by atoms with van der Waals surface area (Å²) in [6, 6.07) is -2.03. The molecular weight excluding hydrogens is 422 g/mol. The lowest BCUT2D eigenvalue weighted by Crippen LogP contribution is -2.56. The Labute approximate surface area is 190 Å². The smallest absolute Gasteiger partial charge is 0.243 e. The van der Waals surface area contributed by atoms with E-state index in [1.54, 1.807) is 23.5 Å². The minimum absolute atomic E-state index is 0.0110. The van der Waals surface area contributed by atoms with Crippen LogP contribution < -0.4 is 16.0 Å². The minimum Gasteiger partial charge on any atom is -0.345 e. The summed E-state index contributed by atoms with van der Waals surface area (Å²) in [4.78, 5) is 49.8. The average molecular weight is 462 g/mol. The highest BCUT2D eigenvalue weighted by molar-refractivity contribution is 7.98. The lowest BCUT2D eigenvalue weighted by atomic mass is 9.98. The zero-order chi connectivity index (χ0) is 23.3. The fraction of sp³-hybridized carbons (Fsp3) is 0.810. The Balaban J connectivity index is 5.37. The molecule has 0 radical (unpaired) electrons. The largest absolute Gasteiger partial charge is 0.345 e. The summed E-state index contributed by atoms with van der Waals surface area (Å²) >= 11 is 3.20. The van der Waals surface area contributed by atoms with Crippen molar-refractivity contribution in [2.45, 2.75) is 72.0 Å². The van der Waals surface area contributed by atoms with Gasteiger partial charge in [0.2, 0.25) is 17.7 Å². The van der Waals surface area contributed by atoms with Crippen LogP contribution in [0.3, 0.4) is 0 Å². The molecule has 3 N–H and O–H groups in total. The van der Waals surface area contributed by atoms with Crippen LogP contribution in [0.2, 0.25) is 0 Å². The van der Waals surface area contributed by atoms with E-state index in [1.165, 1.54) is 6.92 Å². The quantitative estimate of drug-likeness (QED) is 0.345. The number of hydrogen-bond donors (Lipinski definition) is 3. The summed E-state index contributed by atoms with van der Waals surface area (Å²) < 4.78 is 0. The third kappa shape index (κ3) is 11.8. The van der Waals surface area contributed by atoms with Gasteiger partial charge in [-0.1, -0.05) is 27.7 Å². The van der Waals surface area contributed by atoms with Gasteiger partial charge in [0.05, 0.1) is 6.04 Å². The first kappa shape index (κ1) is 28.8. The molecule has 9 heteroatoms. The van der Waals surface area contributed by atoms with Crippen molar-refractivity contribution in [3.8, 4) is 0 Å². The first-order valence-electron chi connectivity index (χ1n) is 10.4. The molecule has 0 heterocycles. The topological polar surface area (TPSA) is 104 Å². The van der Waals surface area contributed by atoms with Crippen molar-refractivity contribution in [3.05, 3.63) is 0 Å². The molecule has 30 heavy (non-hydrogen) atoms. The molecule has 3 atom stereocenters. The van der Waals surface area contributed by atoms with Crippen molar-refractivity contribution in [1.29, 1.82) is 0 Å². The summed E-state index contributed by atoms with van der Waals surface area (Å²) in [6.07, 6.45) is 5.35. The van der Waals surface area contributed by atoms with E-state index in [1.807, 2.05) is 40.2 Å². The number of carbonyl (C=O) groups is 4. The second-order valence-electron chi connectivity index (χ2n) is 8.13. The SMILES string of the molecule is CSCCC(NC(C)=O)C(=O)NC(CC(C)C)C(=O)NC(CCSC)C(=O)C(C)C. The second-order valence-corrected chi connectivity index (χ2v) is 10.1. The molecule has 0 aliphatic carbocycles. The van der Waals surface area contributed by atoms with Crippen molar-refractivity contribution in [1.82, 2.24) is 16.0 Å². The van der Waals surface area contributed by atoms with E-state index in [0.29, 0.717) is 25.0 Å². The van der Waals surface area contributed by atoms with Crippen LogP contribution in [0.25, 0.3) is 0 Å². The number of ketones is 1. The lowest BCUT2D eigenvalue weighted by Gasteiger charge is -2.26. The van der Waals surface area contributed by atoms with E-state index in [0.717, 1.165) is 5.75 Å². The third-order valence-corrected chi connectivity index (χ3v) is 5.77. The first-order valence-corrected chi connectivity index (χ1v) is 13.2. The van der Waals surface area contributed by atoms with Gasteiger partial charge in [0.1, 0.15) is 12.1 Å². The van der Waals surface area contributed by atoms with Crippen LogP contribution in [-0.2, 0) is 19.2 Å². The number of Topliss-reactive ketones (excluding diaryl/α,β-unsaturated/α-hetero) is 1. The van der Waals surface area contributed by atoms with E-state index < -0.39 is 18.1 Å². The average Bonchev–Trinajstić information content (AvgIpc) is 2.66.